The van der Waals surface area contributed by atoms with Crippen molar-refractivity contribution in [2.45, 2.75) is 13.2 Å². The summed E-state index contributed by atoms with van der Waals surface area (Å²) in [7, 11) is 2.75. The molecule has 20 heavy (non-hydrogen) atoms. The van der Waals surface area contributed by atoms with Crippen molar-refractivity contribution < 1.29 is 18.7 Å². The molecule has 0 saturated heterocycles. The molecule has 7 heteroatoms. The van der Waals surface area contributed by atoms with Gasteiger partial charge in [0.2, 0.25) is 0 Å². The van der Waals surface area contributed by atoms with Crippen molar-refractivity contribution in [2.24, 2.45) is 0 Å². The van der Waals surface area contributed by atoms with Crippen LogP contribution < -0.4 is 0 Å². The summed E-state index contributed by atoms with van der Waals surface area (Å²) >= 11 is 0. The first-order chi connectivity index (χ1) is 9.67. The van der Waals surface area contributed by atoms with Crippen LogP contribution in [0.25, 0.3) is 0 Å². The Bertz CT molecular complexity index is 613. The molecule has 0 fully saturated rings. The number of rotatable bonds is 5. The predicted molar refractivity (Wildman–Crippen MR) is 67.6 cm³/mol. The van der Waals surface area contributed by atoms with Crippen LogP contribution in [0.5, 0.6) is 0 Å². The smallest absolute Gasteiger partial charge is 0.360 e. The molecule has 0 amide bonds. The lowest BCUT2D eigenvalue weighted by atomic mass is 10.2. The number of methoxy groups -OCH3 is 2. The van der Waals surface area contributed by atoms with Crippen molar-refractivity contribution in [1.82, 2.24) is 15.0 Å². The number of halogens is 1. The van der Waals surface area contributed by atoms with E-state index >= 15 is 0 Å². The van der Waals surface area contributed by atoms with Gasteiger partial charge in [-0.3, -0.25) is 0 Å². The molecular weight excluding hydrogens is 265 g/mol. The Morgan fingerprint density at radius 1 is 1.35 bits per heavy atom. The standard InChI is InChI=1S/C13H14FN3O3/c1-19-8-11-12(13(18)20-2)15-16-17(11)7-9-5-3-4-6-10(9)14/h3-6H,7-8H2,1-2H3. The largest absolute Gasteiger partial charge is 0.464 e. The number of hydrogen-bond donors (Lipinski definition) is 0. The van der Waals surface area contributed by atoms with Crippen molar-refractivity contribution in [3.8, 4) is 0 Å². The van der Waals surface area contributed by atoms with Gasteiger partial charge in [-0.2, -0.15) is 0 Å². The number of carbonyl (C=O) groups excluding carboxylic acids is 1. The summed E-state index contributed by atoms with van der Waals surface area (Å²) in [5, 5.41) is 7.63. The number of aromatic nitrogens is 3. The van der Waals surface area contributed by atoms with E-state index in [2.05, 4.69) is 15.0 Å². The summed E-state index contributed by atoms with van der Waals surface area (Å²) in [4.78, 5) is 11.6. The summed E-state index contributed by atoms with van der Waals surface area (Å²) in [6.45, 7) is 0.293. The number of benzene rings is 1. The van der Waals surface area contributed by atoms with Gasteiger partial charge >= 0.3 is 5.97 Å². The zero-order valence-corrected chi connectivity index (χ0v) is 11.2. The first kappa shape index (κ1) is 14.1. The molecule has 0 unspecified atom stereocenters. The molecule has 0 aliphatic rings. The highest BCUT2D eigenvalue weighted by molar-refractivity contribution is 5.88. The monoisotopic (exact) mass is 279 g/mol. The lowest BCUT2D eigenvalue weighted by molar-refractivity contribution is 0.0588. The zero-order chi connectivity index (χ0) is 14.5. The van der Waals surface area contributed by atoms with Gasteiger partial charge in [-0.25, -0.2) is 13.9 Å². The molecule has 0 saturated carbocycles. The van der Waals surface area contributed by atoms with Crippen LogP contribution in [-0.4, -0.2) is 35.2 Å². The van der Waals surface area contributed by atoms with Crippen LogP contribution in [0.1, 0.15) is 21.7 Å². The summed E-state index contributed by atoms with van der Waals surface area (Å²) in [6, 6.07) is 6.34. The first-order valence-corrected chi connectivity index (χ1v) is 5.90. The van der Waals surface area contributed by atoms with E-state index in [9.17, 15) is 9.18 Å². The van der Waals surface area contributed by atoms with Gasteiger partial charge in [-0.05, 0) is 6.07 Å². The molecule has 1 aromatic heterocycles. The fourth-order valence-electron chi connectivity index (χ4n) is 1.78. The van der Waals surface area contributed by atoms with E-state index in [-0.39, 0.29) is 24.7 Å². The van der Waals surface area contributed by atoms with Crippen LogP contribution in [0.2, 0.25) is 0 Å². The van der Waals surface area contributed by atoms with Gasteiger partial charge in [0.1, 0.15) is 5.82 Å². The van der Waals surface area contributed by atoms with Crippen LogP contribution in [-0.2, 0) is 22.6 Å². The van der Waals surface area contributed by atoms with Crippen LogP contribution in [0.4, 0.5) is 4.39 Å². The lowest BCUT2D eigenvalue weighted by Gasteiger charge is -2.07. The van der Waals surface area contributed by atoms with Crippen molar-refractivity contribution in [3.05, 3.63) is 47.0 Å². The second kappa shape index (κ2) is 6.25. The molecular formula is C13H14FN3O3. The van der Waals surface area contributed by atoms with Crippen molar-refractivity contribution in [2.75, 3.05) is 14.2 Å². The van der Waals surface area contributed by atoms with Crippen LogP contribution in [0.15, 0.2) is 24.3 Å². The normalized spacial score (nSPS) is 10.6. The summed E-state index contributed by atoms with van der Waals surface area (Å²) in [6.07, 6.45) is 0. The second-order valence-electron chi connectivity index (χ2n) is 4.06. The molecule has 0 bridgehead atoms. The summed E-state index contributed by atoms with van der Waals surface area (Å²) in [5.41, 5.74) is 0.972. The average molecular weight is 279 g/mol. The van der Waals surface area contributed by atoms with Gasteiger partial charge in [-0.15, -0.1) is 5.10 Å². The van der Waals surface area contributed by atoms with Gasteiger partial charge in [0, 0.05) is 12.7 Å². The Labute approximate surface area is 115 Å². The van der Waals surface area contributed by atoms with Gasteiger partial charge in [0.25, 0.3) is 0 Å². The fraction of sp³-hybridized carbons (Fsp3) is 0.308. The van der Waals surface area contributed by atoms with Gasteiger partial charge in [0.05, 0.1) is 26.0 Å². The molecule has 0 aliphatic heterocycles. The Morgan fingerprint density at radius 3 is 2.75 bits per heavy atom. The Balaban J connectivity index is 2.34. The molecule has 0 aliphatic carbocycles. The molecule has 6 nitrogen and oxygen atoms in total. The van der Waals surface area contributed by atoms with E-state index in [0.717, 1.165) is 0 Å². The van der Waals surface area contributed by atoms with E-state index in [1.807, 2.05) is 0 Å². The number of hydrogen-bond acceptors (Lipinski definition) is 5. The van der Waals surface area contributed by atoms with Crippen LogP contribution in [0.3, 0.4) is 0 Å². The molecule has 2 rings (SSSR count). The van der Waals surface area contributed by atoms with Crippen molar-refractivity contribution in [1.29, 1.82) is 0 Å². The maximum absolute atomic E-state index is 13.6. The van der Waals surface area contributed by atoms with E-state index < -0.39 is 5.97 Å². The SMILES string of the molecule is COCc1c(C(=O)OC)nnn1Cc1ccccc1F. The minimum Gasteiger partial charge on any atom is -0.464 e. The average Bonchev–Trinajstić information content (AvgIpc) is 2.84. The maximum atomic E-state index is 13.6. The molecule has 0 atom stereocenters. The van der Waals surface area contributed by atoms with Gasteiger partial charge in [-0.1, -0.05) is 23.4 Å². The van der Waals surface area contributed by atoms with Gasteiger partial charge in [0.15, 0.2) is 5.69 Å². The molecule has 1 heterocycles. The molecule has 1 aromatic carbocycles. The lowest BCUT2D eigenvalue weighted by Crippen LogP contribution is -2.12. The minimum absolute atomic E-state index is 0.0747. The number of esters is 1. The van der Waals surface area contributed by atoms with E-state index in [4.69, 9.17) is 4.74 Å². The third-order valence-corrected chi connectivity index (χ3v) is 2.78. The Kier molecular flexibility index (Phi) is 4.41. The van der Waals surface area contributed by atoms with Crippen LogP contribution >= 0.6 is 0 Å². The quantitative estimate of drug-likeness (QED) is 0.774. The van der Waals surface area contributed by atoms with E-state index in [0.29, 0.717) is 11.3 Å². The minimum atomic E-state index is -0.600. The van der Waals surface area contributed by atoms with Crippen molar-refractivity contribution >= 4 is 5.97 Å². The molecule has 0 N–H and O–H groups in total. The first-order valence-electron chi connectivity index (χ1n) is 5.90. The summed E-state index contributed by atoms with van der Waals surface area (Å²) < 4.78 is 24.7. The fourth-order valence-corrected chi connectivity index (χ4v) is 1.78. The van der Waals surface area contributed by atoms with Gasteiger partial charge < -0.3 is 9.47 Å². The third-order valence-electron chi connectivity index (χ3n) is 2.78. The predicted octanol–water partition coefficient (Wildman–Crippen LogP) is 1.40. The number of nitrogens with zero attached hydrogens (tertiary/aromatic N) is 3. The van der Waals surface area contributed by atoms with E-state index in [1.165, 1.54) is 25.0 Å². The highest BCUT2D eigenvalue weighted by Crippen LogP contribution is 2.13. The third kappa shape index (κ3) is 2.83. The maximum Gasteiger partial charge on any atom is 0.360 e. The van der Waals surface area contributed by atoms with Crippen LogP contribution in [0, 0.1) is 5.82 Å². The highest BCUT2D eigenvalue weighted by atomic mass is 19.1. The van der Waals surface area contributed by atoms with E-state index in [1.54, 1.807) is 18.2 Å². The molecule has 0 spiro atoms. The number of ether oxygens (including phenoxy) is 2. The molecule has 106 valence electrons. The topological polar surface area (TPSA) is 66.2 Å². The highest BCUT2D eigenvalue weighted by Gasteiger charge is 2.20. The molecule has 2 aromatic rings. The van der Waals surface area contributed by atoms with Crippen molar-refractivity contribution in [3.63, 3.8) is 0 Å². The number of carbonyl (C=O) groups is 1. The Hall–Kier alpha value is -2.28. The molecule has 0 radical (unpaired) electrons. The Morgan fingerprint density at radius 2 is 2.10 bits per heavy atom. The second-order valence-corrected chi connectivity index (χ2v) is 4.06. The zero-order valence-electron chi connectivity index (χ0n) is 11.2. The summed E-state index contributed by atoms with van der Waals surface area (Å²) in [5.74, 6) is -0.942.